The predicted molar refractivity (Wildman–Crippen MR) is 85.9 cm³/mol. The summed E-state index contributed by atoms with van der Waals surface area (Å²) in [5.74, 6) is 0.830. The number of hydrogen-bond acceptors (Lipinski definition) is 4. The first-order valence-electron chi connectivity index (χ1n) is 7.80. The highest BCUT2D eigenvalue weighted by atomic mass is 16.5. The number of rotatable bonds is 5. The lowest BCUT2D eigenvalue weighted by Crippen LogP contribution is -2.53. The molecule has 3 unspecified atom stereocenters. The Hall–Kier alpha value is -1.59. The SMILES string of the molecule is COc1ccccc1CNC(=O)C(C)N1CC(C)OC(C)C1. The average Bonchev–Trinajstić information content (AvgIpc) is 2.51. The number of para-hydroxylation sites is 1. The lowest BCUT2D eigenvalue weighted by Gasteiger charge is -2.38. The van der Waals surface area contributed by atoms with Gasteiger partial charge in [0.2, 0.25) is 5.91 Å². The molecule has 3 atom stereocenters. The Balaban J connectivity index is 1.91. The van der Waals surface area contributed by atoms with Crippen LogP contribution in [0.3, 0.4) is 0 Å². The van der Waals surface area contributed by atoms with Crippen LogP contribution >= 0.6 is 0 Å². The van der Waals surface area contributed by atoms with Crippen molar-refractivity contribution in [3.05, 3.63) is 29.8 Å². The first kappa shape index (κ1) is 16.8. The van der Waals surface area contributed by atoms with Gasteiger partial charge in [-0.15, -0.1) is 0 Å². The van der Waals surface area contributed by atoms with Crippen molar-refractivity contribution in [2.45, 2.75) is 45.6 Å². The summed E-state index contributed by atoms with van der Waals surface area (Å²) in [6.07, 6.45) is 0.321. The minimum atomic E-state index is -0.163. The fourth-order valence-corrected chi connectivity index (χ4v) is 2.88. The van der Waals surface area contributed by atoms with Crippen molar-refractivity contribution in [1.82, 2.24) is 10.2 Å². The highest BCUT2D eigenvalue weighted by Gasteiger charge is 2.29. The van der Waals surface area contributed by atoms with E-state index >= 15 is 0 Å². The molecule has 1 heterocycles. The lowest BCUT2D eigenvalue weighted by molar-refractivity contribution is -0.131. The summed E-state index contributed by atoms with van der Waals surface area (Å²) in [5.41, 5.74) is 0.981. The van der Waals surface area contributed by atoms with Crippen LogP contribution in [-0.2, 0) is 16.1 Å². The summed E-state index contributed by atoms with van der Waals surface area (Å²) in [4.78, 5) is 14.6. The number of nitrogens with one attached hydrogen (secondary N) is 1. The van der Waals surface area contributed by atoms with Crippen molar-refractivity contribution in [2.75, 3.05) is 20.2 Å². The molecule has 1 N–H and O–H groups in total. The smallest absolute Gasteiger partial charge is 0.237 e. The highest BCUT2D eigenvalue weighted by Crippen LogP contribution is 2.17. The van der Waals surface area contributed by atoms with Gasteiger partial charge in [-0.25, -0.2) is 0 Å². The zero-order valence-electron chi connectivity index (χ0n) is 13.8. The normalized spacial score (nSPS) is 23.8. The Morgan fingerprint density at radius 2 is 2.00 bits per heavy atom. The van der Waals surface area contributed by atoms with E-state index in [-0.39, 0.29) is 24.2 Å². The van der Waals surface area contributed by atoms with E-state index in [0.29, 0.717) is 6.54 Å². The second kappa shape index (κ2) is 7.61. The first-order chi connectivity index (χ1) is 10.5. The molecule has 1 amide bonds. The zero-order valence-corrected chi connectivity index (χ0v) is 13.8. The number of nitrogens with zero attached hydrogens (tertiary/aromatic N) is 1. The molecule has 122 valence electrons. The van der Waals surface area contributed by atoms with E-state index in [9.17, 15) is 4.79 Å². The van der Waals surface area contributed by atoms with Crippen LogP contribution in [0.2, 0.25) is 0 Å². The van der Waals surface area contributed by atoms with Crippen molar-refractivity contribution in [3.63, 3.8) is 0 Å². The van der Waals surface area contributed by atoms with Gasteiger partial charge in [-0.05, 0) is 26.8 Å². The van der Waals surface area contributed by atoms with E-state index in [2.05, 4.69) is 10.2 Å². The first-order valence-corrected chi connectivity index (χ1v) is 7.80. The third-order valence-corrected chi connectivity index (χ3v) is 4.02. The van der Waals surface area contributed by atoms with Gasteiger partial charge in [0.25, 0.3) is 0 Å². The number of hydrogen-bond donors (Lipinski definition) is 1. The van der Waals surface area contributed by atoms with Crippen LogP contribution in [0.1, 0.15) is 26.3 Å². The van der Waals surface area contributed by atoms with E-state index in [1.807, 2.05) is 45.0 Å². The van der Waals surface area contributed by atoms with E-state index in [0.717, 1.165) is 24.4 Å². The minimum absolute atomic E-state index is 0.0345. The van der Waals surface area contributed by atoms with Crippen LogP contribution in [-0.4, -0.2) is 49.3 Å². The fraction of sp³-hybridized carbons (Fsp3) is 0.588. The third kappa shape index (κ3) is 4.21. The number of carbonyl (C=O) groups excluding carboxylic acids is 1. The fourth-order valence-electron chi connectivity index (χ4n) is 2.88. The van der Waals surface area contributed by atoms with Gasteiger partial charge in [0.1, 0.15) is 5.75 Å². The summed E-state index contributed by atoms with van der Waals surface area (Å²) in [6, 6.07) is 7.56. The summed E-state index contributed by atoms with van der Waals surface area (Å²) < 4.78 is 11.0. The topological polar surface area (TPSA) is 50.8 Å². The molecule has 5 nitrogen and oxygen atoms in total. The lowest BCUT2D eigenvalue weighted by atomic mass is 10.1. The van der Waals surface area contributed by atoms with E-state index < -0.39 is 0 Å². The molecular formula is C17H26N2O3. The van der Waals surface area contributed by atoms with Crippen LogP contribution in [0.15, 0.2) is 24.3 Å². The Labute approximate surface area is 132 Å². The van der Waals surface area contributed by atoms with Crippen LogP contribution in [0.4, 0.5) is 0 Å². The maximum absolute atomic E-state index is 12.4. The molecule has 1 fully saturated rings. The Bertz CT molecular complexity index is 496. The number of methoxy groups -OCH3 is 1. The van der Waals surface area contributed by atoms with Gasteiger partial charge in [-0.3, -0.25) is 9.69 Å². The highest BCUT2D eigenvalue weighted by molar-refractivity contribution is 5.81. The molecule has 0 aliphatic carbocycles. The molecule has 0 radical (unpaired) electrons. The second-order valence-corrected chi connectivity index (χ2v) is 5.92. The van der Waals surface area contributed by atoms with Gasteiger partial charge >= 0.3 is 0 Å². The largest absolute Gasteiger partial charge is 0.496 e. The van der Waals surface area contributed by atoms with Crippen molar-refractivity contribution in [3.8, 4) is 5.75 Å². The van der Waals surface area contributed by atoms with Gasteiger partial charge in [0.05, 0.1) is 25.4 Å². The minimum Gasteiger partial charge on any atom is -0.496 e. The van der Waals surface area contributed by atoms with E-state index in [1.165, 1.54) is 0 Å². The summed E-state index contributed by atoms with van der Waals surface area (Å²) in [7, 11) is 1.64. The molecule has 0 saturated carbocycles. The van der Waals surface area contributed by atoms with Crippen molar-refractivity contribution in [1.29, 1.82) is 0 Å². The van der Waals surface area contributed by atoms with Crippen molar-refractivity contribution < 1.29 is 14.3 Å². The second-order valence-electron chi connectivity index (χ2n) is 5.92. The molecular weight excluding hydrogens is 280 g/mol. The number of amides is 1. The standard InChI is InChI=1S/C17H26N2O3/c1-12-10-19(11-13(2)22-12)14(3)17(20)18-9-15-7-5-6-8-16(15)21-4/h5-8,12-14H,9-11H2,1-4H3,(H,18,20). The molecule has 5 heteroatoms. The molecule has 1 aliphatic heterocycles. The summed E-state index contributed by atoms with van der Waals surface area (Å²) >= 11 is 0. The Morgan fingerprint density at radius 3 is 2.64 bits per heavy atom. The van der Waals surface area contributed by atoms with Gasteiger partial charge in [-0.2, -0.15) is 0 Å². The number of morpholine rings is 1. The molecule has 0 spiro atoms. The molecule has 2 rings (SSSR count). The van der Waals surface area contributed by atoms with Crippen LogP contribution < -0.4 is 10.1 Å². The van der Waals surface area contributed by atoms with Gasteiger partial charge in [0, 0.05) is 25.2 Å². The van der Waals surface area contributed by atoms with Crippen LogP contribution in [0, 0.1) is 0 Å². The van der Waals surface area contributed by atoms with Crippen molar-refractivity contribution >= 4 is 5.91 Å². The number of benzene rings is 1. The molecule has 1 aromatic rings. The molecule has 1 aliphatic rings. The molecule has 1 saturated heterocycles. The zero-order chi connectivity index (χ0) is 16.1. The Kier molecular flexibility index (Phi) is 5.80. The quantitative estimate of drug-likeness (QED) is 0.901. The van der Waals surface area contributed by atoms with Gasteiger partial charge < -0.3 is 14.8 Å². The van der Waals surface area contributed by atoms with Gasteiger partial charge in [0.15, 0.2) is 0 Å². The maximum atomic E-state index is 12.4. The molecule has 22 heavy (non-hydrogen) atoms. The van der Waals surface area contributed by atoms with Crippen molar-refractivity contribution in [2.24, 2.45) is 0 Å². The monoisotopic (exact) mass is 306 g/mol. The molecule has 0 aromatic heterocycles. The number of carbonyl (C=O) groups is 1. The maximum Gasteiger partial charge on any atom is 0.237 e. The molecule has 0 bridgehead atoms. The third-order valence-electron chi connectivity index (χ3n) is 4.02. The Morgan fingerprint density at radius 1 is 1.36 bits per heavy atom. The van der Waals surface area contributed by atoms with Gasteiger partial charge in [-0.1, -0.05) is 18.2 Å². The van der Waals surface area contributed by atoms with E-state index in [1.54, 1.807) is 7.11 Å². The predicted octanol–water partition coefficient (Wildman–Crippen LogP) is 1.81. The molecule has 1 aromatic carbocycles. The summed E-state index contributed by atoms with van der Waals surface area (Å²) in [5, 5.41) is 3.00. The number of ether oxygens (including phenoxy) is 2. The van der Waals surface area contributed by atoms with Crippen LogP contribution in [0.25, 0.3) is 0 Å². The van der Waals surface area contributed by atoms with Crippen LogP contribution in [0.5, 0.6) is 5.75 Å². The summed E-state index contributed by atoms with van der Waals surface area (Å²) in [6.45, 7) is 8.08. The average molecular weight is 306 g/mol. The van der Waals surface area contributed by atoms with E-state index in [4.69, 9.17) is 9.47 Å².